The van der Waals surface area contributed by atoms with Crippen LogP contribution < -0.4 is 4.18 Å². The minimum Gasteiger partial charge on any atom is -0.378 e. The van der Waals surface area contributed by atoms with E-state index in [0.717, 1.165) is 22.9 Å². The second kappa shape index (κ2) is 5.83. The van der Waals surface area contributed by atoms with Gasteiger partial charge in [0, 0.05) is 0 Å². The summed E-state index contributed by atoms with van der Waals surface area (Å²) in [5.74, 6) is 0.312. The highest BCUT2D eigenvalue weighted by atomic mass is 35.5. The first-order chi connectivity index (χ1) is 9.70. The summed E-state index contributed by atoms with van der Waals surface area (Å²) < 4.78 is 29.8. The molecule has 0 unspecified atom stereocenters. The van der Waals surface area contributed by atoms with E-state index in [1.54, 1.807) is 13.8 Å². The molecule has 0 aliphatic carbocycles. The van der Waals surface area contributed by atoms with E-state index in [4.69, 9.17) is 27.4 Å². The molecule has 7 heteroatoms. The molecule has 0 atom stereocenters. The monoisotopic (exact) mass is 345 g/mol. The lowest BCUT2D eigenvalue weighted by Crippen LogP contribution is -2.12. The van der Waals surface area contributed by atoms with Crippen LogP contribution in [0.25, 0.3) is 0 Å². The van der Waals surface area contributed by atoms with Crippen LogP contribution in [0.5, 0.6) is 5.75 Å². The van der Waals surface area contributed by atoms with Gasteiger partial charge < -0.3 is 4.18 Å². The van der Waals surface area contributed by atoms with Gasteiger partial charge in [-0.25, -0.2) is 4.98 Å². The van der Waals surface area contributed by atoms with Crippen molar-refractivity contribution in [1.29, 1.82) is 0 Å². The predicted molar refractivity (Wildman–Crippen MR) is 82.7 cm³/mol. The number of hydrogen-bond acceptors (Lipinski definition) is 4. The van der Waals surface area contributed by atoms with Gasteiger partial charge >= 0.3 is 10.1 Å². The molecule has 0 aliphatic rings. The Morgan fingerprint density at radius 2 is 1.62 bits per heavy atom. The van der Waals surface area contributed by atoms with Crippen molar-refractivity contribution in [2.75, 3.05) is 0 Å². The highest BCUT2D eigenvalue weighted by Crippen LogP contribution is 2.29. The van der Waals surface area contributed by atoms with Gasteiger partial charge in [-0.1, -0.05) is 40.9 Å². The average molecular weight is 346 g/mol. The van der Waals surface area contributed by atoms with Crippen molar-refractivity contribution in [3.8, 4) is 5.75 Å². The number of rotatable bonds is 3. The van der Waals surface area contributed by atoms with Crippen LogP contribution in [0.2, 0.25) is 10.2 Å². The van der Waals surface area contributed by atoms with E-state index >= 15 is 0 Å². The van der Waals surface area contributed by atoms with Gasteiger partial charge in [0.2, 0.25) is 0 Å². The van der Waals surface area contributed by atoms with E-state index in [0.29, 0.717) is 5.75 Å². The Morgan fingerprint density at radius 3 is 2.14 bits per heavy atom. The molecule has 0 saturated heterocycles. The minimum absolute atomic E-state index is 0.0401. The van der Waals surface area contributed by atoms with Crippen LogP contribution >= 0.6 is 23.2 Å². The minimum atomic E-state index is -4.02. The predicted octanol–water partition coefficient (Wildman–Crippen LogP) is 4.08. The second-order valence-electron chi connectivity index (χ2n) is 4.71. The Morgan fingerprint density at radius 1 is 1.05 bits per heavy atom. The standard InChI is InChI=1S/C14H13Cl2NO3S/c1-8-4-9(2)13(10(3)5-8)20-21(18,19)11-6-12(15)14(16)17-7-11/h4-7H,1-3H3. The molecule has 2 rings (SSSR count). The van der Waals surface area contributed by atoms with E-state index in [-0.39, 0.29) is 15.1 Å². The van der Waals surface area contributed by atoms with Crippen LogP contribution in [-0.4, -0.2) is 13.4 Å². The van der Waals surface area contributed by atoms with Crippen molar-refractivity contribution >= 4 is 33.3 Å². The fourth-order valence-corrected chi connectivity index (χ4v) is 3.35. The maximum Gasteiger partial charge on any atom is 0.340 e. The van der Waals surface area contributed by atoms with Gasteiger partial charge in [-0.2, -0.15) is 8.42 Å². The number of aryl methyl sites for hydroxylation is 3. The Balaban J connectivity index is 2.44. The molecule has 112 valence electrons. The second-order valence-corrected chi connectivity index (χ2v) is 7.02. The normalized spacial score (nSPS) is 11.5. The first kappa shape index (κ1) is 16.1. The molecule has 1 heterocycles. The highest BCUT2D eigenvalue weighted by Gasteiger charge is 2.21. The quantitative estimate of drug-likeness (QED) is 0.621. The summed E-state index contributed by atoms with van der Waals surface area (Å²) in [4.78, 5) is 3.58. The van der Waals surface area contributed by atoms with Gasteiger partial charge in [0.25, 0.3) is 0 Å². The summed E-state index contributed by atoms with van der Waals surface area (Å²) in [6.07, 6.45) is 1.11. The number of nitrogens with zero attached hydrogens (tertiary/aromatic N) is 1. The van der Waals surface area contributed by atoms with Gasteiger partial charge in [-0.15, -0.1) is 0 Å². The summed E-state index contributed by atoms with van der Waals surface area (Å²) >= 11 is 11.5. The lowest BCUT2D eigenvalue weighted by Gasteiger charge is -2.13. The van der Waals surface area contributed by atoms with Gasteiger partial charge in [-0.3, -0.25) is 0 Å². The molecule has 1 aromatic carbocycles. The van der Waals surface area contributed by atoms with E-state index in [1.165, 1.54) is 6.07 Å². The zero-order valence-electron chi connectivity index (χ0n) is 11.6. The van der Waals surface area contributed by atoms with Crippen LogP contribution in [0.4, 0.5) is 0 Å². The van der Waals surface area contributed by atoms with E-state index < -0.39 is 10.1 Å². The van der Waals surface area contributed by atoms with Gasteiger partial charge in [0.05, 0.1) is 11.2 Å². The van der Waals surface area contributed by atoms with E-state index in [2.05, 4.69) is 4.98 Å². The lowest BCUT2D eigenvalue weighted by atomic mass is 10.1. The van der Waals surface area contributed by atoms with Crippen LogP contribution in [0, 0.1) is 20.8 Å². The summed E-state index contributed by atoms with van der Waals surface area (Å²) in [6, 6.07) is 4.92. The molecule has 4 nitrogen and oxygen atoms in total. The molecular formula is C14H13Cl2NO3S. The number of hydrogen-bond donors (Lipinski definition) is 0. The fraction of sp³-hybridized carbons (Fsp3) is 0.214. The molecule has 0 bridgehead atoms. The molecular weight excluding hydrogens is 333 g/mol. The smallest absolute Gasteiger partial charge is 0.340 e. The zero-order valence-corrected chi connectivity index (χ0v) is 14.0. The van der Waals surface area contributed by atoms with Crippen molar-refractivity contribution in [1.82, 2.24) is 4.98 Å². The molecule has 0 radical (unpaired) electrons. The Labute approximate surface area is 133 Å². The fourth-order valence-electron chi connectivity index (χ4n) is 2.00. The topological polar surface area (TPSA) is 56.3 Å². The first-order valence-electron chi connectivity index (χ1n) is 6.04. The summed E-state index contributed by atoms with van der Waals surface area (Å²) in [5, 5.41) is 0.0944. The molecule has 0 amide bonds. The van der Waals surface area contributed by atoms with E-state index in [9.17, 15) is 8.42 Å². The summed E-state index contributed by atoms with van der Waals surface area (Å²) in [6.45, 7) is 5.51. The van der Waals surface area contributed by atoms with Crippen molar-refractivity contribution in [3.05, 3.63) is 51.3 Å². The molecule has 2 aromatic rings. The van der Waals surface area contributed by atoms with Crippen LogP contribution in [0.1, 0.15) is 16.7 Å². The van der Waals surface area contributed by atoms with Crippen molar-refractivity contribution in [2.45, 2.75) is 25.7 Å². The zero-order chi connectivity index (χ0) is 15.8. The van der Waals surface area contributed by atoms with Crippen LogP contribution in [0.15, 0.2) is 29.3 Å². The number of pyridine rings is 1. The molecule has 0 fully saturated rings. The third-order valence-electron chi connectivity index (χ3n) is 2.86. The highest BCUT2D eigenvalue weighted by molar-refractivity contribution is 7.87. The third-order valence-corrected chi connectivity index (χ3v) is 4.73. The number of benzene rings is 1. The maximum absolute atomic E-state index is 12.3. The van der Waals surface area contributed by atoms with Gasteiger partial charge in [0.15, 0.2) is 0 Å². The SMILES string of the molecule is Cc1cc(C)c(OS(=O)(=O)c2cnc(Cl)c(Cl)c2)c(C)c1. The average Bonchev–Trinajstić information content (AvgIpc) is 2.37. The van der Waals surface area contributed by atoms with Crippen molar-refractivity contribution in [3.63, 3.8) is 0 Å². The molecule has 1 aromatic heterocycles. The Kier molecular flexibility index (Phi) is 4.46. The van der Waals surface area contributed by atoms with Gasteiger partial charge in [0.1, 0.15) is 15.8 Å². The Bertz CT molecular complexity index is 781. The van der Waals surface area contributed by atoms with Gasteiger partial charge in [-0.05, 0) is 38.0 Å². The summed E-state index contributed by atoms with van der Waals surface area (Å²) in [5.41, 5.74) is 2.51. The Hall–Kier alpha value is -1.30. The molecule has 0 spiro atoms. The maximum atomic E-state index is 12.3. The van der Waals surface area contributed by atoms with Crippen molar-refractivity contribution in [2.24, 2.45) is 0 Å². The molecule has 0 N–H and O–H groups in total. The van der Waals surface area contributed by atoms with Crippen molar-refractivity contribution < 1.29 is 12.6 Å². The molecule has 0 saturated carbocycles. The lowest BCUT2D eigenvalue weighted by molar-refractivity contribution is 0.481. The number of aromatic nitrogens is 1. The number of halogens is 2. The molecule has 0 aliphatic heterocycles. The summed E-state index contributed by atoms with van der Waals surface area (Å²) in [7, 11) is -4.02. The van der Waals surface area contributed by atoms with Crippen LogP contribution in [0.3, 0.4) is 0 Å². The third kappa shape index (κ3) is 3.48. The molecule has 21 heavy (non-hydrogen) atoms. The van der Waals surface area contributed by atoms with E-state index in [1.807, 2.05) is 19.1 Å². The van der Waals surface area contributed by atoms with Crippen LogP contribution in [-0.2, 0) is 10.1 Å². The largest absolute Gasteiger partial charge is 0.378 e. The first-order valence-corrected chi connectivity index (χ1v) is 8.20.